The minimum atomic E-state index is -1.24. The Morgan fingerprint density at radius 2 is 2.25 bits per heavy atom. The Labute approximate surface area is 115 Å². The molecule has 20 heavy (non-hydrogen) atoms. The van der Waals surface area contributed by atoms with Crippen molar-refractivity contribution in [3.05, 3.63) is 33.9 Å². The number of nitriles is 1. The van der Waals surface area contributed by atoms with Crippen LogP contribution in [0, 0.1) is 27.4 Å². The van der Waals surface area contributed by atoms with Crippen molar-refractivity contribution in [2.24, 2.45) is 5.92 Å². The van der Waals surface area contributed by atoms with Gasteiger partial charge >= 0.3 is 5.97 Å². The highest BCUT2D eigenvalue weighted by Crippen LogP contribution is 2.42. The van der Waals surface area contributed by atoms with Gasteiger partial charge in [-0.15, -0.1) is 0 Å². The molecule has 1 aromatic carbocycles. The van der Waals surface area contributed by atoms with Crippen LogP contribution in [0.1, 0.15) is 25.3 Å². The van der Waals surface area contributed by atoms with Gasteiger partial charge in [0.15, 0.2) is 0 Å². The molecule has 1 aromatic rings. The number of rotatable bonds is 5. The van der Waals surface area contributed by atoms with Gasteiger partial charge in [-0.3, -0.25) is 10.1 Å². The molecule has 1 aliphatic rings. The van der Waals surface area contributed by atoms with Crippen molar-refractivity contribution in [3.63, 3.8) is 0 Å². The number of carbonyl (C=O) groups is 1. The number of nitrogens with one attached hydrogen (secondary N) is 1. The molecule has 2 N–H and O–H groups in total. The van der Waals surface area contributed by atoms with Crippen molar-refractivity contribution in [1.29, 1.82) is 5.26 Å². The summed E-state index contributed by atoms with van der Waals surface area (Å²) in [6, 6.07) is 5.75. The van der Waals surface area contributed by atoms with Crippen LogP contribution >= 0.6 is 0 Å². The van der Waals surface area contributed by atoms with Crippen molar-refractivity contribution >= 4 is 17.3 Å². The first-order chi connectivity index (χ1) is 9.38. The Hall–Kier alpha value is -2.62. The van der Waals surface area contributed by atoms with Crippen LogP contribution in [0.5, 0.6) is 0 Å². The molecule has 0 radical (unpaired) electrons. The smallest absolute Gasteiger partial charge is 0.329 e. The van der Waals surface area contributed by atoms with Crippen LogP contribution in [-0.2, 0) is 4.79 Å². The van der Waals surface area contributed by atoms with Gasteiger partial charge < -0.3 is 10.4 Å². The molecule has 1 saturated carbocycles. The largest absolute Gasteiger partial charge is 0.480 e. The fraction of sp³-hybridized carbons (Fsp3) is 0.385. The average molecular weight is 275 g/mol. The Kier molecular flexibility index (Phi) is 3.32. The third-order valence-electron chi connectivity index (χ3n) is 3.56. The summed E-state index contributed by atoms with van der Waals surface area (Å²) in [5, 5.41) is 31.9. The van der Waals surface area contributed by atoms with Gasteiger partial charge in [0.25, 0.3) is 5.69 Å². The summed E-state index contributed by atoms with van der Waals surface area (Å²) < 4.78 is 0. The number of nitro groups is 1. The normalized spacial score (nSPS) is 16.8. The number of aliphatic carboxylic acids is 1. The predicted octanol–water partition coefficient (Wildman–Crippen LogP) is 2.13. The van der Waals surface area contributed by atoms with Gasteiger partial charge in [0.2, 0.25) is 0 Å². The highest BCUT2D eigenvalue weighted by atomic mass is 16.6. The maximum atomic E-state index is 11.4. The molecule has 104 valence electrons. The molecule has 1 atom stereocenters. The lowest BCUT2D eigenvalue weighted by Crippen LogP contribution is -2.45. The second-order valence-electron chi connectivity index (χ2n) is 5.01. The summed E-state index contributed by atoms with van der Waals surface area (Å²) in [6.45, 7) is 1.52. The Morgan fingerprint density at radius 3 is 2.70 bits per heavy atom. The number of nitro benzene ring substituents is 1. The predicted molar refractivity (Wildman–Crippen MR) is 70.2 cm³/mol. The minimum Gasteiger partial charge on any atom is -0.480 e. The molecule has 0 spiro atoms. The third-order valence-corrected chi connectivity index (χ3v) is 3.56. The molecular weight excluding hydrogens is 262 g/mol. The van der Waals surface area contributed by atoms with E-state index in [2.05, 4.69) is 5.32 Å². The van der Waals surface area contributed by atoms with Gasteiger partial charge in [0.05, 0.1) is 16.6 Å². The lowest BCUT2D eigenvalue weighted by Gasteiger charge is -2.27. The van der Waals surface area contributed by atoms with Crippen LogP contribution < -0.4 is 5.32 Å². The second-order valence-corrected chi connectivity index (χ2v) is 5.01. The van der Waals surface area contributed by atoms with Crippen LogP contribution in [0.3, 0.4) is 0 Å². The second kappa shape index (κ2) is 4.81. The van der Waals surface area contributed by atoms with Crippen LogP contribution in [0.15, 0.2) is 18.2 Å². The van der Waals surface area contributed by atoms with Gasteiger partial charge in [-0.2, -0.15) is 5.26 Å². The third kappa shape index (κ3) is 2.40. The number of anilines is 1. The van der Waals surface area contributed by atoms with Crippen LogP contribution in [0.4, 0.5) is 11.4 Å². The van der Waals surface area contributed by atoms with E-state index in [1.807, 2.05) is 6.07 Å². The van der Waals surface area contributed by atoms with E-state index in [9.17, 15) is 20.0 Å². The Bertz CT molecular complexity index is 619. The molecule has 1 unspecified atom stereocenters. The van der Waals surface area contributed by atoms with Crippen molar-refractivity contribution in [3.8, 4) is 6.07 Å². The summed E-state index contributed by atoms with van der Waals surface area (Å²) >= 11 is 0. The average Bonchev–Trinajstić information content (AvgIpc) is 3.23. The van der Waals surface area contributed by atoms with E-state index in [0.29, 0.717) is 0 Å². The molecule has 0 saturated heterocycles. The van der Waals surface area contributed by atoms with E-state index in [-0.39, 0.29) is 22.9 Å². The topological polar surface area (TPSA) is 116 Å². The highest BCUT2D eigenvalue weighted by Gasteiger charge is 2.48. The molecular formula is C13H13N3O4. The van der Waals surface area contributed by atoms with E-state index in [1.165, 1.54) is 19.1 Å². The summed E-state index contributed by atoms with van der Waals surface area (Å²) in [5.41, 5.74) is -1.26. The van der Waals surface area contributed by atoms with Gasteiger partial charge in [0.1, 0.15) is 11.2 Å². The number of nitrogens with zero attached hydrogens (tertiary/aromatic N) is 2. The SMILES string of the molecule is CC(Nc1ccc(C#N)cc1[N+](=O)[O-])(C(=O)O)C1CC1. The lowest BCUT2D eigenvalue weighted by molar-refractivity contribution is -0.384. The van der Waals surface area contributed by atoms with Crippen molar-refractivity contribution in [2.75, 3.05) is 5.32 Å². The van der Waals surface area contributed by atoms with Crippen molar-refractivity contribution < 1.29 is 14.8 Å². The van der Waals surface area contributed by atoms with Crippen molar-refractivity contribution in [1.82, 2.24) is 0 Å². The zero-order valence-corrected chi connectivity index (χ0v) is 10.8. The molecule has 7 nitrogen and oxygen atoms in total. The number of hydrogen-bond donors (Lipinski definition) is 2. The molecule has 0 amide bonds. The Morgan fingerprint density at radius 1 is 1.60 bits per heavy atom. The quantitative estimate of drug-likeness (QED) is 0.628. The first-order valence-corrected chi connectivity index (χ1v) is 6.08. The first kappa shape index (κ1) is 13.8. The molecule has 0 bridgehead atoms. The number of benzene rings is 1. The monoisotopic (exact) mass is 275 g/mol. The fourth-order valence-corrected chi connectivity index (χ4v) is 2.13. The highest BCUT2D eigenvalue weighted by molar-refractivity contribution is 5.84. The fourth-order valence-electron chi connectivity index (χ4n) is 2.13. The first-order valence-electron chi connectivity index (χ1n) is 6.08. The molecule has 1 aliphatic carbocycles. The number of carboxylic acid groups (broad SMARTS) is 1. The van der Waals surface area contributed by atoms with Crippen LogP contribution in [0.2, 0.25) is 0 Å². The van der Waals surface area contributed by atoms with Gasteiger partial charge in [-0.1, -0.05) is 0 Å². The van der Waals surface area contributed by atoms with Gasteiger partial charge in [0, 0.05) is 6.07 Å². The van der Waals surface area contributed by atoms with Crippen LogP contribution in [0.25, 0.3) is 0 Å². The lowest BCUT2D eigenvalue weighted by atomic mass is 9.95. The maximum absolute atomic E-state index is 11.4. The van der Waals surface area contributed by atoms with E-state index in [1.54, 1.807) is 0 Å². The zero-order valence-electron chi connectivity index (χ0n) is 10.8. The Balaban J connectivity index is 2.40. The summed E-state index contributed by atoms with van der Waals surface area (Å²) in [6.07, 6.45) is 1.56. The molecule has 2 rings (SSSR count). The molecule has 0 aromatic heterocycles. The number of carboxylic acids is 1. The van der Waals surface area contributed by atoms with E-state index in [0.717, 1.165) is 18.9 Å². The van der Waals surface area contributed by atoms with Gasteiger partial charge in [-0.25, -0.2) is 4.79 Å². The molecule has 0 aliphatic heterocycles. The van der Waals surface area contributed by atoms with E-state index in [4.69, 9.17) is 5.26 Å². The summed E-state index contributed by atoms with van der Waals surface area (Å²) in [4.78, 5) is 21.8. The zero-order chi connectivity index (χ0) is 14.9. The standard InChI is InChI=1S/C13H13N3O4/c1-13(12(17)18,9-3-4-9)15-10-5-2-8(7-14)6-11(10)16(19)20/h2,5-6,9,15H,3-4H2,1H3,(H,17,18). The van der Waals surface area contributed by atoms with E-state index < -0.39 is 16.4 Å². The van der Waals surface area contributed by atoms with Gasteiger partial charge in [-0.05, 0) is 37.8 Å². The summed E-state index contributed by atoms with van der Waals surface area (Å²) in [7, 11) is 0. The van der Waals surface area contributed by atoms with Crippen LogP contribution in [-0.4, -0.2) is 21.5 Å². The minimum absolute atomic E-state index is 0.0461. The van der Waals surface area contributed by atoms with Crippen molar-refractivity contribution in [2.45, 2.75) is 25.3 Å². The number of hydrogen-bond acceptors (Lipinski definition) is 5. The molecule has 7 heteroatoms. The molecule has 0 heterocycles. The summed E-state index contributed by atoms with van der Waals surface area (Å²) in [5.74, 6) is -1.09. The van der Waals surface area contributed by atoms with E-state index >= 15 is 0 Å². The maximum Gasteiger partial charge on any atom is 0.329 e. The molecule has 1 fully saturated rings.